The highest BCUT2D eigenvalue weighted by Crippen LogP contribution is 2.09. The average molecular weight is 253 g/mol. The van der Waals surface area contributed by atoms with Crippen LogP contribution in [0.1, 0.15) is 18.9 Å². The van der Waals surface area contributed by atoms with E-state index in [1.54, 1.807) is 10.7 Å². The van der Waals surface area contributed by atoms with Gasteiger partial charge in [0.25, 0.3) is 0 Å². The number of pyridine rings is 1. The molecule has 0 aliphatic carbocycles. The summed E-state index contributed by atoms with van der Waals surface area (Å²) in [4.78, 5) is 0. The minimum Gasteiger partial charge on any atom is -0.241 e. The lowest BCUT2D eigenvalue weighted by Crippen LogP contribution is -2.25. The Balaban J connectivity index is 2.15. The van der Waals surface area contributed by atoms with E-state index in [9.17, 15) is 8.42 Å². The summed E-state index contributed by atoms with van der Waals surface area (Å²) in [6, 6.07) is 5.70. The van der Waals surface area contributed by atoms with Crippen molar-refractivity contribution in [1.82, 2.24) is 14.3 Å². The second kappa shape index (κ2) is 4.85. The zero-order valence-corrected chi connectivity index (χ0v) is 10.4. The molecule has 1 N–H and O–H groups in total. The summed E-state index contributed by atoms with van der Waals surface area (Å²) in [5, 5.41) is 4.15. The lowest BCUT2D eigenvalue weighted by atomic mass is 10.3. The highest BCUT2D eigenvalue weighted by molar-refractivity contribution is 7.89. The number of fused-ring (bicyclic) bond motifs is 1. The number of nitrogens with zero attached hydrogens (tertiary/aromatic N) is 2. The predicted molar refractivity (Wildman–Crippen MR) is 66.1 cm³/mol. The van der Waals surface area contributed by atoms with Gasteiger partial charge in [0.1, 0.15) is 0 Å². The molecule has 0 aromatic carbocycles. The molecule has 0 aliphatic heterocycles. The van der Waals surface area contributed by atoms with Gasteiger partial charge in [-0.25, -0.2) is 17.7 Å². The van der Waals surface area contributed by atoms with E-state index in [1.807, 2.05) is 31.3 Å². The summed E-state index contributed by atoms with van der Waals surface area (Å²) in [5.41, 5.74) is 1.80. The van der Waals surface area contributed by atoms with Gasteiger partial charge in [0.2, 0.25) is 10.0 Å². The van der Waals surface area contributed by atoms with E-state index in [4.69, 9.17) is 0 Å². The first-order chi connectivity index (χ1) is 8.12. The van der Waals surface area contributed by atoms with Crippen molar-refractivity contribution in [3.8, 4) is 0 Å². The van der Waals surface area contributed by atoms with Crippen molar-refractivity contribution in [2.24, 2.45) is 0 Å². The smallest absolute Gasteiger partial charge is 0.211 e. The van der Waals surface area contributed by atoms with E-state index in [-0.39, 0.29) is 12.3 Å². The van der Waals surface area contributed by atoms with E-state index in [1.165, 1.54) is 0 Å². The molecular formula is C11H15N3O2S. The van der Waals surface area contributed by atoms with Gasteiger partial charge >= 0.3 is 0 Å². The molecule has 0 amide bonds. The molecule has 0 aliphatic rings. The minimum atomic E-state index is -3.16. The maximum Gasteiger partial charge on any atom is 0.211 e. The van der Waals surface area contributed by atoms with Crippen LogP contribution in [0, 0.1) is 0 Å². The van der Waals surface area contributed by atoms with Crippen molar-refractivity contribution in [3.63, 3.8) is 0 Å². The van der Waals surface area contributed by atoms with Gasteiger partial charge in [-0.1, -0.05) is 13.0 Å². The van der Waals surface area contributed by atoms with Gasteiger partial charge in [-0.05, 0) is 18.6 Å². The van der Waals surface area contributed by atoms with Crippen LogP contribution in [0.2, 0.25) is 0 Å². The number of sulfonamides is 1. The van der Waals surface area contributed by atoms with Crippen molar-refractivity contribution in [1.29, 1.82) is 0 Å². The molecule has 0 saturated carbocycles. The van der Waals surface area contributed by atoms with Crippen LogP contribution in [0.15, 0.2) is 30.6 Å². The molecule has 0 unspecified atom stereocenters. The summed E-state index contributed by atoms with van der Waals surface area (Å²) < 4.78 is 27.3. The molecule has 0 radical (unpaired) electrons. The lowest BCUT2D eigenvalue weighted by Gasteiger charge is -2.04. The van der Waals surface area contributed by atoms with Crippen molar-refractivity contribution in [2.45, 2.75) is 19.9 Å². The normalized spacial score (nSPS) is 12.1. The molecule has 0 saturated heterocycles. The highest BCUT2D eigenvalue weighted by atomic mass is 32.2. The van der Waals surface area contributed by atoms with Crippen LogP contribution in [0.3, 0.4) is 0 Å². The molecule has 17 heavy (non-hydrogen) atoms. The Labute approximate surface area is 101 Å². The lowest BCUT2D eigenvalue weighted by molar-refractivity contribution is 0.580. The summed E-state index contributed by atoms with van der Waals surface area (Å²) in [6.07, 6.45) is 4.13. The molecule has 0 fully saturated rings. The van der Waals surface area contributed by atoms with Gasteiger partial charge in [-0.3, -0.25) is 0 Å². The second-order valence-electron chi connectivity index (χ2n) is 3.84. The first-order valence-electron chi connectivity index (χ1n) is 5.51. The zero-order valence-electron chi connectivity index (χ0n) is 9.63. The second-order valence-corrected chi connectivity index (χ2v) is 5.77. The predicted octanol–water partition coefficient (Wildman–Crippen LogP) is 1.16. The summed E-state index contributed by atoms with van der Waals surface area (Å²) in [5.74, 6) is 0.159. The van der Waals surface area contributed by atoms with Crippen LogP contribution in [0.25, 0.3) is 5.52 Å². The zero-order chi connectivity index (χ0) is 12.3. The SMILES string of the molecule is CCCS(=O)(=O)NCc1cnn2ccccc12. The molecule has 0 spiro atoms. The molecular weight excluding hydrogens is 238 g/mol. The summed E-state index contributed by atoms with van der Waals surface area (Å²) >= 11 is 0. The van der Waals surface area contributed by atoms with E-state index < -0.39 is 10.0 Å². The number of hydrogen-bond acceptors (Lipinski definition) is 3. The van der Waals surface area contributed by atoms with E-state index >= 15 is 0 Å². The van der Waals surface area contributed by atoms with Crippen molar-refractivity contribution in [3.05, 3.63) is 36.2 Å². The quantitative estimate of drug-likeness (QED) is 0.869. The Morgan fingerprint density at radius 3 is 3.00 bits per heavy atom. The Bertz CT molecular complexity index is 604. The molecule has 2 rings (SSSR count). The first kappa shape index (κ1) is 12.1. The highest BCUT2D eigenvalue weighted by Gasteiger charge is 2.10. The summed E-state index contributed by atoms with van der Waals surface area (Å²) in [7, 11) is -3.16. The Kier molecular flexibility index (Phi) is 3.44. The first-order valence-corrected chi connectivity index (χ1v) is 7.16. The van der Waals surface area contributed by atoms with Gasteiger partial charge in [-0.15, -0.1) is 0 Å². The molecule has 2 aromatic heterocycles. The minimum absolute atomic E-state index is 0.159. The molecule has 0 atom stereocenters. The monoisotopic (exact) mass is 253 g/mol. The van der Waals surface area contributed by atoms with Gasteiger partial charge in [-0.2, -0.15) is 5.10 Å². The van der Waals surface area contributed by atoms with Crippen molar-refractivity contribution < 1.29 is 8.42 Å². The fourth-order valence-corrected chi connectivity index (χ4v) is 2.71. The maximum atomic E-state index is 11.5. The number of hydrogen-bond donors (Lipinski definition) is 1. The molecule has 5 nitrogen and oxygen atoms in total. The van der Waals surface area contributed by atoms with E-state index in [0.717, 1.165) is 11.1 Å². The Hall–Kier alpha value is -1.40. The Morgan fingerprint density at radius 2 is 2.24 bits per heavy atom. The third kappa shape index (κ3) is 2.83. The molecule has 2 heterocycles. The van der Waals surface area contributed by atoms with E-state index in [2.05, 4.69) is 9.82 Å². The number of nitrogens with one attached hydrogen (secondary N) is 1. The molecule has 2 aromatic rings. The fourth-order valence-electron chi connectivity index (χ4n) is 1.65. The van der Waals surface area contributed by atoms with Crippen LogP contribution in [-0.4, -0.2) is 23.8 Å². The van der Waals surface area contributed by atoms with Crippen LogP contribution in [-0.2, 0) is 16.6 Å². The van der Waals surface area contributed by atoms with Gasteiger partial charge in [0.15, 0.2) is 0 Å². The summed E-state index contributed by atoms with van der Waals surface area (Å²) in [6.45, 7) is 2.13. The third-order valence-corrected chi connectivity index (χ3v) is 3.99. The number of rotatable bonds is 5. The maximum absolute atomic E-state index is 11.5. The van der Waals surface area contributed by atoms with Gasteiger partial charge < -0.3 is 0 Å². The van der Waals surface area contributed by atoms with Crippen LogP contribution >= 0.6 is 0 Å². The van der Waals surface area contributed by atoms with Gasteiger partial charge in [0, 0.05) is 18.3 Å². The van der Waals surface area contributed by atoms with Gasteiger partial charge in [0.05, 0.1) is 17.5 Å². The van der Waals surface area contributed by atoms with E-state index in [0.29, 0.717) is 6.42 Å². The number of aromatic nitrogens is 2. The van der Waals surface area contributed by atoms with Crippen molar-refractivity contribution >= 4 is 15.5 Å². The topological polar surface area (TPSA) is 63.5 Å². The van der Waals surface area contributed by atoms with Crippen LogP contribution in [0.4, 0.5) is 0 Å². The molecule has 6 heteroatoms. The average Bonchev–Trinajstić information content (AvgIpc) is 2.70. The van der Waals surface area contributed by atoms with Crippen LogP contribution in [0.5, 0.6) is 0 Å². The van der Waals surface area contributed by atoms with Crippen LogP contribution < -0.4 is 4.72 Å². The fraction of sp³-hybridized carbons (Fsp3) is 0.364. The Morgan fingerprint density at radius 1 is 1.41 bits per heavy atom. The standard InChI is InChI=1S/C11H15N3O2S/c1-2-7-17(15,16)13-9-10-8-12-14-6-4-3-5-11(10)14/h3-6,8,13H,2,7,9H2,1H3. The molecule has 92 valence electrons. The molecule has 0 bridgehead atoms. The third-order valence-electron chi connectivity index (χ3n) is 2.46. The largest absolute Gasteiger partial charge is 0.241 e. The van der Waals surface area contributed by atoms with Crippen molar-refractivity contribution in [2.75, 3.05) is 5.75 Å².